The predicted molar refractivity (Wildman–Crippen MR) is 151 cm³/mol. The Morgan fingerprint density at radius 3 is 2.11 bits per heavy atom. The third-order valence-corrected chi connectivity index (χ3v) is 6.88. The first-order valence-corrected chi connectivity index (χ1v) is 13.7. The molecule has 4 rings (SSSR count). The average molecular weight is 531 g/mol. The minimum Gasteiger partial charge on any atom is -0.326 e. The highest BCUT2D eigenvalue weighted by Crippen LogP contribution is 2.31. The lowest BCUT2D eigenvalue weighted by molar-refractivity contribution is 0.246. The minimum atomic E-state index is 0.875. The second-order valence-electron chi connectivity index (χ2n) is 9.16. The Kier molecular flexibility index (Phi) is 9.33. The lowest BCUT2D eigenvalue weighted by atomic mass is 10.1. The first-order chi connectivity index (χ1) is 17.2. The van der Waals surface area contributed by atoms with Crippen LogP contribution in [0.5, 0.6) is 0 Å². The fourth-order valence-electron chi connectivity index (χ4n) is 4.54. The summed E-state index contributed by atoms with van der Waals surface area (Å²) in [5.74, 6) is 1.07. The Morgan fingerprint density at radius 1 is 0.771 bits per heavy atom. The molecule has 0 amide bonds. The van der Waals surface area contributed by atoms with E-state index in [1.54, 1.807) is 0 Å². The first kappa shape index (κ1) is 25.4. The van der Waals surface area contributed by atoms with Gasteiger partial charge in [-0.3, -0.25) is 4.90 Å². The van der Waals surface area contributed by atoms with Crippen molar-refractivity contribution in [1.29, 1.82) is 0 Å². The fraction of sp³-hybridized carbons (Fsp3) is 0.323. The molecule has 0 aliphatic heterocycles. The average Bonchev–Trinajstić information content (AvgIpc) is 3.25. The van der Waals surface area contributed by atoms with Gasteiger partial charge in [0.2, 0.25) is 0 Å². The maximum absolute atomic E-state index is 5.29. The number of rotatable bonds is 12. The number of hydrogen-bond donors (Lipinski definition) is 0. The molecule has 3 nitrogen and oxygen atoms in total. The quantitative estimate of drug-likeness (QED) is 0.183. The van der Waals surface area contributed by atoms with Crippen molar-refractivity contribution in [3.63, 3.8) is 0 Å². The molecule has 35 heavy (non-hydrogen) atoms. The molecule has 0 unspecified atom stereocenters. The lowest BCUT2D eigenvalue weighted by Gasteiger charge is -2.24. The number of benzene rings is 3. The van der Waals surface area contributed by atoms with Gasteiger partial charge < -0.3 is 4.57 Å². The number of nitrogens with zero attached hydrogens (tertiary/aromatic N) is 3. The van der Waals surface area contributed by atoms with Crippen LogP contribution in [0.15, 0.2) is 89.4 Å². The standard InChI is InChI=1S/C31H36BrN3/c1-3-5-20-34(23-25-14-13-19-28(32)22-25)24-29-30(26-15-9-7-10-16-26)33-31(35(29)21-6-4-2)27-17-11-8-12-18-27/h7-19,22H,3-6,20-21,23-24H2,1-2H3. The van der Waals surface area contributed by atoms with Gasteiger partial charge in [0.1, 0.15) is 5.82 Å². The molecule has 3 aromatic carbocycles. The summed E-state index contributed by atoms with van der Waals surface area (Å²) in [6.07, 6.45) is 4.66. The summed E-state index contributed by atoms with van der Waals surface area (Å²) in [5, 5.41) is 0. The van der Waals surface area contributed by atoms with Crippen LogP contribution < -0.4 is 0 Å². The molecule has 0 spiro atoms. The Hall–Kier alpha value is -2.69. The van der Waals surface area contributed by atoms with Gasteiger partial charge in [-0.05, 0) is 37.1 Å². The number of hydrogen-bond acceptors (Lipinski definition) is 2. The topological polar surface area (TPSA) is 21.1 Å². The summed E-state index contributed by atoms with van der Waals surface area (Å²) >= 11 is 3.65. The van der Waals surface area contributed by atoms with Gasteiger partial charge in [0.05, 0.1) is 11.4 Å². The lowest BCUT2D eigenvalue weighted by Crippen LogP contribution is -2.26. The normalized spacial score (nSPS) is 11.3. The number of aromatic nitrogens is 2. The van der Waals surface area contributed by atoms with Crippen molar-refractivity contribution in [2.75, 3.05) is 6.54 Å². The van der Waals surface area contributed by atoms with Gasteiger partial charge in [-0.15, -0.1) is 0 Å². The van der Waals surface area contributed by atoms with E-state index in [4.69, 9.17) is 4.98 Å². The van der Waals surface area contributed by atoms with E-state index in [0.717, 1.165) is 55.0 Å². The molecule has 0 atom stereocenters. The van der Waals surface area contributed by atoms with E-state index < -0.39 is 0 Å². The molecule has 4 aromatic rings. The van der Waals surface area contributed by atoms with Crippen molar-refractivity contribution in [1.82, 2.24) is 14.5 Å². The number of halogens is 1. The summed E-state index contributed by atoms with van der Waals surface area (Å²) in [6.45, 7) is 8.38. The zero-order valence-electron chi connectivity index (χ0n) is 21.0. The van der Waals surface area contributed by atoms with Crippen LogP contribution in [0.3, 0.4) is 0 Å². The van der Waals surface area contributed by atoms with Gasteiger partial charge in [0, 0.05) is 35.2 Å². The van der Waals surface area contributed by atoms with Crippen LogP contribution in [0, 0.1) is 0 Å². The summed E-state index contributed by atoms with van der Waals surface area (Å²) in [4.78, 5) is 7.88. The Balaban J connectivity index is 1.79. The van der Waals surface area contributed by atoms with Crippen molar-refractivity contribution in [3.8, 4) is 22.6 Å². The Labute approximate surface area is 219 Å². The van der Waals surface area contributed by atoms with Crippen LogP contribution in [0.1, 0.15) is 50.8 Å². The second-order valence-corrected chi connectivity index (χ2v) is 10.1. The van der Waals surface area contributed by atoms with Crippen LogP contribution in [0.25, 0.3) is 22.6 Å². The molecular weight excluding hydrogens is 494 g/mol. The summed E-state index contributed by atoms with van der Waals surface area (Å²) in [6, 6.07) is 30.0. The van der Waals surface area contributed by atoms with E-state index >= 15 is 0 Å². The minimum absolute atomic E-state index is 0.875. The third-order valence-electron chi connectivity index (χ3n) is 6.38. The Morgan fingerprint density at radius 2 is 1.46 bits per heavy atom. The van der Waals surface area contributed by atoms with Gasteiger partial charge in [0.25, 0.3) is 0 Å². The van der Waals surface area contributed by atoms with Crippen LogP contribution in [0.4, 0.5) is 0 Å². The number of imidazole rings is 1. The molecule has 0 bridgehead atoms. The molecule has 0 radical (unpaired) electrons. The van der Waals surface area contributed by atoms with E-state index in [2.05, 4.69) is 124 Å². The summed E-state index contributed by atoms with van der Waals surface area (Å²) < 4.78 is 3.62. The van der Waals surface area contributed by atoms with Gasteiger partial charge in [-0.2, -0.15) is 0 Å². The Bertz CT molecular complexity index is 1180. The monoisotopic (exact) mass is 529 g/mol. The molecule has 0 aliphatic carbocycles. The fourth-order valence-corrected chi connectivity index (χ4v) is 4.99. The second kappa shape index (κ2) is 12.9. The van der Waals surface area contributed by atoms with Gasteiger partial charge >= 0.3 is 0 Å². The van der Waals surface area contributed by atoms with Gasteiger partial charge in [-0.25, -0.2) is 4.98 Å². The zero-order chi connectivity index (χ0) is 24.5. The van der Waals surface area contributed by atoms with E-state index in [-0.39, 0.29) is 0 Å². The molecule has 1 heterocycles. The van der Waals surface area contributed by atoms with Crippen LogP contribution in [-0.4, -0.2) is 21.0 Å². The molecule has 0 N–H and O–H groups in total. The van der Waals surface area contributed by atoms with Crippen molar-refractivity contribution in [3.05, 3.63) is 101 Å². The first-order valence-electron chi connectivity index (χ1n) is 12.9. The largest absolute Gasteiger partial charge is 0.326 e. The van der Waals surface area contributed by atoms with E-state index in [1.807, 2.05) is 0 Å². The maximum Gasteiger partial charge on any atom is 0.140 e. The van der Waals surface area contributed by atoms with Crippen molar-refractivity contribution in [2.24, 2.45) is 0 Å². The van der Waals surface area contributed by atoms with E-state index in [1.165, 1.54) is 35.2 Å². The molecule has 0 fully saturated rings. The number of unbranched alkanes of at least 4 members (excludes halogenated alkanes) is 2. The third kappa shape index (κ3) is 6.71. The smallest absolute Gasteiger partial charge is 0.140 e. The van der Waals surface area contributed by atoms with Crippen LogP contribution in [-0.2, 0) is 19.6 Å². The van der Waals surface area contributed by atoms with Gasteiger partial charge in [-0.1, -0.05) is 115 Å². The van der Waals surface area contributed by atoms with Crippen LogP contribution >= 0.6 is 15.9 Å². The van der Waals surface area contributed by atoms with Crippen LogP contribution in [0.2, 0.25) is 0 Å². The van der Waals surface area contributed by atoms with Gasteiger partial charge in [0.15, 0.2) is 0 Å². The maximum atomic E-state index is 5.29. The van der Waals surface area contributed by atoms with Crippen molar-refractivity contribution < 1.29 is 0 Å². The zero-order valence-corrected chi connectivity index (χ0v) is 22.5. The molecule has 0 saturated heterocycles. The molecule has 4 heteroatoms. The van der Waals surface area contributed by atoms with E-state index in [0.29, 0.717) is 0 Å². The molecule has 1 aromatic heterocycles. The highest BCUT2D eigenvalue weighted by molar-refractivity contribution is 9.10. The molecular formula is C31H36BrN3. The summed E-state index contributed by atoms with van der Waals surface area (Å²) in [7, 11) is 0. The predicted octanol–water partition coefficient (Wildman–Crippen LogP) is 8.58. The highest BCUT2D eigenvalue weighted by Gasteiger charge is 2.21. The van der Waals surface area contributed by atoms with Crippen molar-refractivity contribution in [2.45, 2.75) is 59.2 Å². The van der Waals surface area contributed by atoms with E-state index in [9.17, 15) is 0 Å². The SMILES string of the molecule is CCCCN(Cc1cccc(Br)c1)Cc1c(-c2ccccc2)nc(-c2ccccc2)n1CCCC. The molecule has 182 valence electrons. The van der Waals surface area contributed by atoms with Crippen molar-refractivity contribution >= 4 is 15.9 Å². The molecule has 0 aliphatic rings. The highest BCUT2D eigenvalue weighted by atomic mass is 79.9. The molecule has 0 saturated carbocycles. The summed E-state index contributed by atoms with van der Waals surface area (Å²) in [5.41, 5.74) is 6.12.